The molecule has 20 heavy (non-hydrogen) atoms. The van der Waals surface area contributed by atoms with Crippen LogP contribution in [0.4, 0.5) is 0 Å². The number of rotatable bonds is 4. The Bertz CT molecular complexity index is 489. The topological polar surface area (TPSA) is 122 Å². The van der Waals surface area contributed by atoms with Gasteiger partial charge in [-0.05, 0) is 11.6 Å². The van der Waals surface area contributed by atoms with Gasteiger partial charge in [-0.3, -0.25) is 4.66 Å². The summed E-state index contributed by atoms with van der Waals surface area (Å²) in [4.78, 5) is 10.4. The fourth-order valence-electron chi connectivity index (χ4n) is 1.85. The largest absolute Gasteiger partial charge is 0.493 e. The van der Waals surface area contributed by atoms with Gasteiger partial charge in [0.2, 0.25) is 0 Å². The van der Waals surface area contributed by atoms with Gasteiger partial charge >= 0.3 is 13.1 Å². The fraction of sp³-hybridized carbons (Fsp3) is 0.300. The maximum Gasteiger partial charge on any atom is 0.493 e. The predicted molar refractivity (Wildman–Crippen MR) is 73.1 cm³/mol. The molecule has 0 saturated carbocycles. The third-order valence-electron chi connectivity index (χ3n) is 2.63. The fourth-order valence-corrected chi connectivity index (χ4v) is 2.17. The van der Waals surface area contributed by atoms with Gasteiger partial charge in [-0.1, -0.05) is 17.7 Å². The van der Waals surface area contributed by atoms with Gasteiger partial charge in [-0.15, -0.1) is 0 Å². The zero-order valence-electron chi connectivity index (χ0n) is 10.1. The van der Waals surface area contributed by atoms with Gasteiger partial charge in [0.25, 0.3) is 0 Å². The van der Waals surface area contributed by atoms with Crippen LogP contribution in [0.3, 0.4) is 0 Å². The van der Waals surface area contributed by atoms with Crippen molar-refractivity contribution < 1.29 is 29.0 Å². The van der Waals surface area contributed by atoms with Crippen LogP contribution < -0.4 is 15.9 Å². The standard InChI is InChI=1S/C10H11BClNO5.ClHO/c12-10-6(17-4-8(14)15)2-1-5-7(3-13)18-11(16)9(5)10;1-2/h1-2,7,16H,3-4,13H2,(H,14,15);2H. The molecule has 0 radical (unpaired) electrons. The van der Waals surface area contributed by atoms with Gasteiger partial charge in [-0.25, -0.2) is 4.79 Å². The predicted octanol–water partition coefficient (Wildman–Crippen LogP) is -0.347. The molecule has 1 heterocycles. The Morgan fingerprint density at radius 1 is 1.50 bits per heavy atom. The lowest BCUT2D eigenvalue weighted by molar-refractivity contribution is -0.139. The molecule has 0 fully saturated rings. The van der Waals surface area contributed by atoms with E-state index in [1.54, 1.807) is 6.07 Å². The van der Waals surface area contributed by atoms with E-state index in [1.807, 2.05) is 0 Å². The van der Waals surface area contributed by atoms with E-state index in [4.69, 9.17) is 36.5 Å². The lowest BCUT2D eigenvalue weighted by Gasteiger charge is -2.11. The number of hydrogen-bond donors (Lipinski definition) is 4. The molecular weight excluding hydrogens is 312 g/mol. The van der Waals surface area contributed by atoms with E-state index in [2.05, 4.69) is 11.9 Å². The first kappa shape index (κ1) is 17.0. The molecule has 110 valence electrons. The van der Waals surface area contributed by atoms with Crippen molar-refractivity contribution in [3.63, 3.8) is 0 Å². The number of hydrogen-bond acceptors (Lipinski definition) is 6. The molecule has 1 unspecified atom stereocenters. The van der Waals surface area contributed by atoms with Gasteiger partial charge < -0.3 is 25.3 Å². The number of nitrogens with two attached hydrogens (primary N) is 1. The summed E-state index contributed by atoms with van der Waals surface area (Å²) in [5, 5.41) is 18.4. The number of halogens is 2. The van der Waals surface area contributed by atoms with Crippen LogP contribution in [0.5, 0.6) is 5.75 Å². The first-order valence-electron chi connectivity index (χ1n) is 5.42. The second kappa shape index (κ2) is 7.68. The Balaban J connectivity index is 0.000000956. The van der Waals surface area contributed by atoms with Gasteiger partial charge in [0.05, 0.1) is 23.0 Å². The number of carboxylic acid groups (broad SMARTS) is 1. The highest BCUT2D eigenvalue weighted by molar-refractivity contribution is 6.65. The summed E-state index contributed by atoms with van der Waals surface area (Å²) in [6, 6.07) is 3.19. The van der Waals surface area contributed by atoms with Crippen molar-refractivity contribution in [2.24, 2.45) is 5.73 Å². The monoisotopic (exact) mass is 323 g/mol. The number of carboxylic acids is 1. The summed E-state index contributed by atoms with van der Waals surface area (Å²) in [7, 11) is -1.17. The number of carbonyl (C=O) groups is 1. The lowest BCUT2D eigenvalue weighted by atomic mass is 9.79. The highest BCUT2D eigenvalue weighted by atomic mass is 35.5. The zero-order chi connectivity index (χ0) is 15.3. The highest BCUT2D eigenvalue weighted by Crippen LogP contribution is 2.31. The second-order valence-corrected chi connectivity index (χ2v) is 4.15. The van der Waals surface area contributed by atoms with Crippen LogP contribution >= 0.6 is 23.5 Å². The van der Waals surface area contributed by atoms with Crippen LogP contribution in [0.2, 0.25) is 5.02 Å². The van der Waals surface area contributed by atoms with Crippen molar-refractivity contribution >= 4 is 42.0 Å². The van der Waals surface area contributed by atoms with Crippen LogP contribution in [0.15, 0.2) is 12.1 Å². The molecule has 0 bridgehead atoms. The summed E-state index contributed by atoms with van der Waals surface area (Å²) in [5.41, 5.74) is 6.59. The van der Waals surface area contributed by atoms with Crippen LogP contribution in [0, 0.1) is 0 Å². The zero-order valence-corrected chi connectivity index (χ0v) is 11.6. The molecule has 0 amide bonds. The second-order valence-electron chi connectivity index (χ2n) is 3.78. The molecule has 1 aromatic carbocycles. The molecule has 5 N–H and O–H groups in total. The highest BCUT2D eigenvalue weighted by Gasteiger charge is 2.37. The quantitative estimate of drug-likeness (QED) is 0.559. The van der Waals surface area contributed by atoms with Gasteiger partial charge in [0.1, 0.15) is 5.75 Å². The molecule has 2 rings (SSSR count). The number of aliphatic carboxylic acids is 1. The molecule has 0 spiro atoms. The van der Waals surface area contributed by atoms with Gasteiger partial charge in [-0.2, -0.15) is 0 Å². The van der Waals surface area contributed by atoms with Crippen molar-refractivity contribution in [3.05, 3.63) is 22.7 Å². The first-order chi connectivity index (χ1) is 9.54. The van der Waals surface area contributed by atoms with E-state index in [0.717, 1.165) is 0 Å². The van der Waals surface area contributed by atoms with E-state index in [0.29, 0.717) is 11.0 Å². The van der Waals surface area contributed by atoms with Gasteiger partial charge in [0.15, 0.2) is 6.61 Å². The first-order valence-corrected chi connectivity index (χ1v) is 6.13. The molecule has 1 aromatic rings. The van der Waals surface area contributed by atoms with Crippen molar-refractivity contribution in [2.45, 2.75) is 6.10 Å². The average molecular weight is 324 g/mol. The Hall–Kier alpha value is -1.03. The third kappa shape index (κ3) is 3.54. The van der Waals surface area contributed by atoms with E-state index in [9.17, 15) is 9.82 Å². The molecule has 1 atom stereocenters. The molecule has 7 nitrogen and oxygen atoms in total. The Labute approximate surface area is 125 Å². The number of benzene rings is 1. The van der Waals surface area contributed by atoms with E-state index in [-0.39, 0.29) is 17.3 Å². The van der Waals surface area contributed by atoms with Crippen molar-refractivity contribution in [1.82, 2.24) is 0 Å². The summed E-state index contributed by atoms with van der Waals surface area (Å²) in [6.45, 7) is -0.286. The van der Waals surface area contributed by atoms with Crippen LogP contribution in [-0.2, 0) is 9.45 Å². The van der Waals surface area contributed by atoms with Crippen molar-refractivity contribution in [1.29, 1.82) is 0 Å². The number of ether oxygens (including phenoxy) is 1. The summed E-state index contributed by atoms with van der Waals surface area (Å²) < 4.78 is 16.7. The van der Waals surface area contributed by atoms with Crippen molar-refractivity contribution in [3.8, 4) is 5.75 Å². The minimum atomic E-state index is -1.17. The molecule has 0 aromatic heterocycles. The van der Waals surface area contributed by atoms with Gasteiger partial charge in [0, 0.05) is 12.0 Å². The smallest absolute Gasteiger partial charge is 0.480 e. The minimum absolute atomic E-state index is 0.150. The molecular formula is C10H12BCl2NO6. The van der Waals surface area contributed by atoms with Crippen LogP contribution in [-0.4, -0.2) is 41.0 Å². The van der Waals surface area contributed by atoms with Crippen molar-refractivity contribution in [2.75, 3.05) is 13.2 Å². The lowest BCUT2D eigenvalue weighted by Crippen LogP contribution is -2.29. The van der Waals surface area contributed by atoms with E-state index >= 15 is 0 Å². The Morgan fingerprint density at radius 3 is 2.70 bits per heavy atom. The molecule has 10 heteroatoms. The average Bonchev–Trinajstić information content (AvgIpc) is 2.77. The molecule has 0 aliphatic carbocycles. The Morgan fingerprint density at radius 2 is 2.15 bits per heavy atom. The van der Waals surface area contributed by atoms with E-state index < -0.39 is 25.8 Å². The summed E-state index contributed by atoms with van der Waals surface area (Å²) in [6.07, 6.45) is -0.416. The Kier molecular flexibility index (Phi) is 6.54. The molecule has 1 aliphatic heterocycles. The number of fused-ring (bicyclic) bond motifs is 1. The normalized spacial score (nSPS) is 16.2. The third-order valence-corrected chi connectivity index (χ3v) is 3.02. The van der Waals surface area contributed by atoms with Crippen LogP contribution in [0.25, 0.3) is 0 Å². The maximum atomic E-state index is 10.4. The van der Waals surface area contributed by atoms with Crippen LogP contribution in [0.1, 0.15) is 11.7 Å². The minimum Gasteiger partial charge on any atom is -0.480 e. The summed E-state index contributed by atoms with van der Waals surface area (Å²) >= 11 is 9.69. The SMILES string of the molecule is NCC1OB(O)c2c1ccc(OCC(=O)O)c2Cl.OCl. The van der Waals surface area contributed by atoms with E-state index in [1.165, 1.54) is 6.07 Å². The maximum absolute atomic E-state index is 10.4. The molecule has 0 saturated heterocycles. The summed E-state index contributed by atoms with van der Waals surface area (Å²) in [5.74, 6) is -0.915. The molecule has 1 aliphatic rings.